The molecule has 0 spiro atoms. The molecule has 1 atom stereocenters. The molecule has 68 valence electrons. The van der Waals surface area contributed by atoms with Gasteiger partial charge >= 0.3 is 11.9 Å². The molecule has 0 aliphatic heterocycles. The molecule has 0 aliphatic rings. The van der Waals surface area contributed by atoms with Crippen LogP contribution in [0.1, 0.15) is 19.8 Å². The second-order valence-electron chi connectivity index (χ2n) is 2.60. The first-order valence-corrected chi connectivity index (χ1v) is 3.62. The SMILES string of the molecule is CC(C=CCC(=O)O)CC(=O)O. The van der Waals surface area contributed by atoms with E-state index in [9.17, 15) is 9.59 Å². The van der Waals surface area contributed by atoms with Gasteiger partial charge in [-0.1, -0.05) is 19.1 Å². The van der Waals surface area contributed by atoms with Crippen molar-refractivity contribution in [1.82, 2.24) is 0 Å². The second-order valence-corrected chi connectivity index (χ2v) is 2.60. The van der Waals surface area contributed by atoms with Crippen LogP contribution in [0.5, 0.6) is 0 Å². The van der Waals surface area contributed by atoms with Crippen LogP contribution < -0.4 is 0 Å². The zero-order chi connectivity index (χ0) is 9.56. The van der Waals surface area contributed by atoms with Gasteiger partial charge in [0.05, 0.1) is 12.8 Å². The Labute approximate surface area is 70.5 Å². The summed E-state index contributed by atoms with van der Waals surface area (Å²) in [6.45, 7) is 1.73. The van der Waals surface area contributed by atoms with Gasteiger partial charge < -0.3 is 10.2 Å². The van der Waals surface area contributed by atoms with E-state index in [0.717, 1.165) is 0 Å². The summed E-state index contributed by atoms with van der Waals surface area (Å²) in [5, 5.41) is 16.6. The minimum absolute atomic E-state index is 0.0378. The number of carboxylic acids is 2. The van der Waals surface area contributed by atoms with E-state index in [1.54, 1.807) is 13.0 Å². The predicted molar refractivity (Wildman–Crippen MR) is 42.8 cm³/mol. The van der Waals surface area contributed by atoms with E-state index in [-0.39, 0.29) is 18.8 Å². The molecule has 0 radical (unpaired) electrons. The molecule has 0 aliphatic carbocycles. The van der Waals surface area contributed by atoms with Crippen LogP contribution in [0.3, 0.4) is 0 Å². The molecule has 0 aromatic rings. The highest BCUT2D eigenvalue weighted by Crippen LogP contribution is 2.03. The van der Waals surface area contributed by atoms with E-state index in [1.807, 2.05) is 0 Å². The minimum atomic E-state index is -0.909. The summed E-state index contributed by atoms with van der Waals surface area (Å²) in [7, 11) is 0. The number of carboxylic acid groups (broad SMARTS) is 2. The first-order chi connectivity index (χ1) is 5.52. The summed E-state index contributed by atoms with van der Waals surface area (Å²) in [5.41, 5.74) is 0. The molecule has 0 rings (SSSR count). The third-order valence-corrected chi connectivity index (χ3v) is 1.25. The Morgan fingerprint density at radius 1 is 1.33 bits per heavy atom. The Bertz CT molecular complexity index is 195. The molecule has 2 N–H and O–H groups in total. The predicted octanol–water partition coefficient (Wildman–Crippen LogP) is 1.13. The Morgan fingerprint density at radius 3 is 2.33 bits per heavy atom. The van der Waals surface area contributed by atoms with Gasteiger partial charge in [0.15, 0.2) is 0 Å². The Balaban J connectivity index is 3.67. The Morgan fingerprint density at radius 2 is 1.92 bits per heavy atom. The van der Waals surface area contributed by atoms with Crippen molar-refractivity contribution < 1.29 is 19.8 Å². The zero-order valence-electron chi connectivity index (χ0n) is 6.86. The number of carbonyl (C=O) groups is 2. The van der Waals surface area contributed by atoms with Gasteiger partial charge in [-0.2, -0.15) is 0 Å². The standard InChI is InChI=1S/C8H12O4/c1-6(5-8(11)12)3-2-4-7(9)10/h2-3,6H,4-5H2,1H3,(H,9,10)(H,11,12). The van der Waals surface area contributed by atoms with Crippen molar-refractivity contribution >= 4 is 11.9 Å². The third-order valence-electron chi connectivity index (χ3n) is 1.25. The van der Waals surface area contributed by atoms with Crippen molar-refractivity contribution in [3.63, 3.8) is 0 Å². The van der Waals surface area contributed by atoms with Crippen LogP contribution in [-0.2, 0) is 9.59 Å². The summed E-state index contributed by atoms with van der Waals surface area (Å²) in [6, 6.07) is 0. The van der Waals surface area contributed by atoms with Gasteiger partial charge in [0, 0.05) is 0 Å². The van der Waals surface area contributed by atoms with Crippen LogP contribution >= 0.6 is 0 Å². The Kier molecular flexibility index (Phi) is 4.76. The van der Waals surface area contributed by atoms with Crippen LogP contribution in [0.2, 0.25) is 0 Å². The largest absolute Gasteiger partial charge is 0.481 e. The average Bonchev–Trinajstić information content (AvgIpc) is 1.84. The summed E-state index contributed by atoms with van der Waals surface area (Å²) < 4.78 is 0. The average molecular weight is 172 g/mol. The molecule has 4 heteroatoms. The van der Waals surface area contributed by atoms with E-state index >= 15 is 0 Å². The van der Waals surface area contributed by atoms with Gasteiger partial charge in [0.2, 0.25) is 0 Å². The summed E-state index contributed by atoms with van der Waals surface area (Å²) in [4.78, 5) is 20.2. The van der Waals surface area contributed by atoms with Crippen LogP contribution in [0.15, 0.2) is 12.2 Å². The lowest BCUT2D eigenvalue weighted by molar-refractivity contribution is -0.137. The lowest BCUT2D eigenvalue weighted by Crippen LogP contribution is -2.01. The van der Waals surface area contributed by atoms with Gasteiger partial charge in [-0.3, -0.25) is 9.59 Å². The second kappa shape index (κ2) is 5.35. The molecule has 1 unspecified atom stereocenters. The van der Waals surface area contributed by atoms with Crippen LogP contribution in [-0.4, -0.2) is 22.2 Å². The zero-order valence-corrected chi connectivity index (χ0v) is 6.86. The number of hydrogen-bond acceptors (Lipinski definition) is 2. The van der Waals surface area contributed by atoms with Gasteiger partial charge in [-0.25, -0.2) is 0 Å². The molecule has 0 bridgehead atoms. The van der Waals surface area contributed by atoms with Crippen molar-refractivity contribution in [2.75, 3.05) is 0 Å². The molecule has 0 amide bonds. The molecular weight excluding hydrogens is 160 g/mol. The Hall–Kier alpha value is -1.32. The molecule has 0 aromatic carbocycles. The monoisotopic (exact) mass is 172 g/mol. The van der Waals surface area contributed by atoms with E-state index in [0.29, 0.717) is 0 Å². The molecule has 0 saturated heterocycles. The lowest BCUT2D eigenvalue weighted by atomic mass is 10.1. The van der Waals surface area contributed by atoms with Crippen molar-refractivity contribution in [1.29, 1.82) is 0 Å². The maximum Gasteiger partial charge on any atom is 0.307 e. The van der Waals surface area contributed by atoms with Gasteiger partial charge in [-0.15, -0.1) is 0 Å². The fourth-order valence-corrected chi connectivity index (χ4v) is 0.745. The maximum absolute atomic E-state index is 10.2. The molecule has 12 heavy (non-hydrogen) atoms. The number of hydrogen-bond donors (Lipinski definition) is 2. The molecule has 0 fully saturated rings. The highest BCUT2D eigenvalue weighted by Gasteiger charge is 2.02. The molecule has 4 nitrogen and oxygen atoms in total. The first-order valence-electron chi connectivity index (χ1n) is 3.62. The quantitative estimate of drug-likeness (QED) is 0.609. The van der Waals surface area contributed by atoms with Crippen LogP contribution in [0.25, 0.3) is 0 Å². The van der Waals surface area contributed by atoms with Gasteiger partial charge in [0.1, 0.15) is 0 Å². The summed E-state index contributed by atoms with van der Waals surface area (Å²) in [6.07, 6.45) is 3.05. The molecule has 0 aromatic heterocycles. The summed E-state index contributed by atoms with van der Waals surface area (Å²) in [5.74, 6) is -1.89. The van der Waals surface area contributed by atoms with E-state index in [1.165, 1.54) is 6.08 Å². The normalized spacial score (nSPS) is 13.1. The first kappa shape index (κ1) is 10.7. The van der Waals surface area contributed by atoms with Gasteiger partial charge in [0.25, 0.3) is 0 Å². The van der Waals surface area contributed by atoms with Crippen LogP contribution in [0, 0.1) is 5.92 Å². The van der Waals surface area contributed by atoms with E-state index in [4.69, 9.17) is 10.2 Å². The number of rotatable bonds is 5. The molecular formula is C8H12O4. The summed E-state index contributed by atoms with van der Waals surface area (Å²) >= 11 is 0. The van der Waals surface area contributed by atoms with Crippen LogP contribution in [0.4, 0.5) is 0 Å². The molecule has 0 heterocycles. The van der Waals surface area contributed by atoms with Crippen molar-refractivity contribution in [2.24, 2.45) is 5.92 Å². The van der Waals surface area contributed by atoms with Crippen molar-refractivity contribution in [2.45, 2.75) is 19.8 Å². The number of allylic oxidation sites excluding steroid dienone is 1. The molecule has 0 saturated carbocycles. The van der Waals surface area contributed by atoms with Gasteiger partial charge in [-0.05, 0) is 5.92 Å². The topological polar surface area (TPSA) is 74.6 Å². The maximum atomic E-state index is 10.2. The van der Waals surface area contributed by atoms with Crippen molar-refractivity contribution in [3.8, 4) is 0 Å². The highest BCUT2D eigenvalue weighted by molar-refractivity contribution is 5.69. The van der Waals surface area contributed by atoms with E-state index in [2.05, 4.69) is 0 Å². The third kappa shape index (κ3) is 6.80. The van der Waals surface area contributed by atoms with Crippen molar-refractivity contribution in [3.05, 3.63) is 12.2 Å². The number of aliphatic carboxylic acids is 2. The fraction of sp³-hybridized carbons (Fsp3) is 0.500. The highest BCUT2D eigenvalue weighted by atomic mass is 16.4. The minimum Gasteiger partial charge on any atom is -0.481 e. The lowest BCUT2D eigenvalue weighted by Gasteiger charge is -1.99. The smallest absolute Gasteiger partial charge is 0.307 e. The fourth-order valence-electron chi connectivity index (χ4n) is 0.745. The van der Waals surface area contributed by atoms with E-state index < -0.39 is 11.9 Å².